The number of carbonyl (C=O) groups excluding carboxylic acids is 1. The molecule has 0 fully saturated rings. The van der Waals surface area contributed by atoms with Gasteiger partial charge < -0.3 is 5.73 Å². The molecule has 2 aromatic carbocycles. The summed E-state index contributed by atoms with van der Waals surface area (Å²) in [4.78, 5) is 12.3. The Morgan fingerprint density at radius 3 is 1.80 bits per heavy atom. The van der Waals surface area contributed by atoms with E-state index >= 15 is 0 Å². The van der Waals surface area contributed by atoms with Gasteiger partial charge in [0.25, 0.3) is 0 Å². The third-order valence-corrected chi connectivity index (χ3v) is 3.42. The van der Waals surface area contributed by atoms with Crippen molar-refractivity contribution < 1.29 is 4.79 Å². The summed E-state index contributed by atoms with van der Waals surface area (Å²) in [7, 11) is 0. The van der Waals surface area contributed by atoms with E-state index in [1.54, 1.807) is 0 Å². The lowest BCUT2D eigenvalue weighted by atomic mass is 9.82. The van der Waals surface area contributed by atoms with Gasteiger partial charge in [0.2, 0.25) is 5.91 Å². The van der Waals surface area contributed by atoms with Crippen LogP contribution in [0, 0.1) is 0 Å². The lowest BCUT2D eigenvalue weighted by Gasteiger charge is -2.33. The molecule has 0 aromatic heterocycles. The Balaban J connectivity index is 2.60. The second-order valence-corrected chi connectivity index (χ2v) is 4.77. The summed E-state index contributed by atoms with van der Waals surface area (Å²) in [5.41, 5.74) is 6.54. The van der Waals surface area contributed by atoms with Crippen LogP contribution in [0.4, 0.5) is 0 Å². The maximum absolute atomic E-state index is 12.3. The minimum absolute atomic E-state index is 0.386. The molecule has 2 rings (SSSR count). The summed E-state index contributed by atoms with van der Waals surface area (Å²) in [5, 5.41) is 3.34. The van der Waals surface area contributed by atoms with Gasteiger partial charge in [-0.2, -0.15) is 0 Å². The van der Waals surface area contributed by atoms with E-state index in [0.29, 0.717) is 6.54 Å². The molecular weight excluding hydrogens is 248 g/mol. The van der Waals surface area contributed by atoms with Crippen molar-refractivity contribution in [3.63, 3.8) is 0 Å². The Morgan fingerprint density at radius 1 is 1.00 bits per heavy atom. The van der Waals surface area contributed by atoms with Crippen LogP contribution in [0.5, 0.6) is 0 Å². The molecule has 0 bridgehead atoms. The molecule has 0 saturated heterocycles. The normalized spacial score (nSPS) is 11.2. The zero-order valence-corrected chi connectivity index (χ0v) is 11.7. The molecule has 0 saturated carbocycles. The minimum Gasteiger partial charge on any atom is -0.367 e. The van der Waals surface area contributed by atoms with Crippen molar-refractivity contribution in [2.75, 3.05) is 6.54 Å². The van der Waals surface area contributed by atoms with Gasteiger partial charge in [-0.05, 0) is 24.1 Å². The number of nitrogens with two attached hydrogens (primary N) is 1. The van der Waals surface area contributed by atoms with E-state index in [1.165, 1.54) is 0 Å². The summed E-state index contributed by atoms with van der Waals surface area (Å²) in [6.45, 7) is 2.78. The number of hydrogen-bond acceptors (Lipinski definition) is 2. The van der Waals surface area contributed by atoms with Crippen molar-refractivity contribution in [2.24, 2.45) is 5.73 Å². The number of primary amides is 1. The molecule has 0 heterocycles. The minimum atomic E-state index is -0.974. The van der Waals surface area contributed by atoms with E-state index in [4.69, 9.17) is 5.73 Å². The molecule has 0 radical (unpaired) electrons. The highest BCUT2D eigenvalue weighted by atomic mass is 16.1. The maximum atomic E-state index is 12.3. The first-order chi connectivity index (χ1) is 9.71. The molecule has 0 aliphatic carbocycles. The first-order valence-electron chi connectivity index (χ1n) is 6.87. The van der Waals surface area contributed by atoms with Crippen molar-refractivity contribution in [1.29, 1.82) is 0 Å². The predicted molar refractivity (Wildman–Crippen MR) is 81.2 cm³/mol. The van der Waals surface area contributed by atoms with E-state index < -0.39 is 5.54 Å². The van der Waals surface area contributed by atoms with Crippen molar-refractivity contribution >= 4 is 5.91 Å². The van der Waals surface area contributed by atoms with Gasteiger partial charge in [-0.15, -0.1) is 0 Å². The van der Waals surface area contributed by atoms with Gasteiger partial charge in [0.1, 0.15) is 5.54 Å². The van der Waals surface area contributed by atoms with Gasteiger partial charge in [0, 0.05) is 0 Å². The third kappa shape index (κ3) is 2.58. The number of rotatable bonds is 6. The van der Waals surface area contributed by atoms with Crippen molar-refractivity contribution in [2.45, 2.75) is 18.9 Å². The van der Waals surface area contributed by atoms with Gasteiger partial charge in [0.05, 0.1) is 0 Å². The average molecular weight is 268 g/mol. The summed E-state index contributed by atoms with van der Waals surface area (Å²) in [6.07, 6.45) is 0.925. The van der Waals surface area contributed by atoms with Crippen LogP contribution in [0.25, 0.3) is 0 Å². The fourth-order valence-corrected chi connectivity index (χ4v) is 2.43. The zero-order chi connectivity index (χ0) is 14.4. The fourth-order valence-electron chi connectivity index (χ4n) is 2.43. The number of amides is 1. The van der Waals surface area contributed by atoms with E-state index in [2.05, 4.69) is 12.2 Å². The lowest BCUT2D eigenvalue weighted by Crippen LogP contribution is -2.53. The Hall–Kier alpha value is -2.13. The molecule has 0 aliphatic heterocycles. The molecule has 1 amide bonds. The highest BCUT2D eigenvalue weighted by molar-refractivity contribution is 5.90. The second kappa shape index (κ2) is 6.35. The standard InChI is InChI=1S/C17H20N2O/c1-2-13-19-17(16(18)20,14-9-5-3-6-10-14)15-11-7-4-8-12-15/h3-12,19H,2,13H2,1H3,(H2,18,20). The average Bonchev–Trinajstić information content (AvgIpc) is 2.50. The molecule has 2 aromatic rings. The first-order valence-corrected chi connectivity index (χ1v) is 6.87. The Bertz CT molecular complexity index is 512. The van der Waals surface area contributed by atoms with Gasteiger partial charge in [-0.3, -0.25) is 10.1 Å². The quantitative estimate of drug-likeness (QED) is 0.845. The van der Waals surface area contributed by atoms with Crippen LogP contribution >= 0.6 is 0 Å². The van der Waals surface area contributed by atoms with Gasteiger partial charge >= 0.3 is 0 Å². The SMILES string of the molecule is CCCNC(C(N)=O)(c1ccccc1)c1ccccc1. The monoisotopic (exact) mass is 268 g/mol. The van der Waals surface area contributed by atoms with Crippen LogP contribution in [0.3, 0.4) is 0 Å². The zero-order valence-electron chi connectivity index (χ0n) is 11.7. The molecular formula is C17H20N2O. The van der Waals surface area contributed by atoms with Gasteiger partial charge in [-0.25, -0.2) is 0 Å². The first kappa shape index (κ1) is 14.3. The molecule has 0 atom stereocenters. The Labute approximate surface area is 119 Å². The van der Waals surface area contributed by atoms with E-state index in [-0.39, 0.29) is 5.91 Å². The molecule has 0 aliphatic rings. The van der Waals surface area contributed by atoms with Crippen LogP contribution in [-0.2, 0) is 10.3 Å². The van der Waals surface area contributed by atoms with Crippen molar-refractivity contribution in [1.82, 2.24) is 5.32 Å². The number of hydrogen-bond donors (Lipinski definition) is 2. The Morgan fingerprint density at radius 2 is 1.45 bits per heavy atom. The Kier molecular flexibility index (Phi) is 4.53. The van der Waals surface area contributed by atoms with Crippen LogP contribution < -0.4 is 11.1 Å². The van der Waals surface area contributed by atoms with E-state index in [9.17, 15) is 4.79 Å². The predicted octanol–water partition coefficient (Wildman–Crippen LogP) is 2.42. The summed E-state index contributed by atoms with van der Waals surface area (Å²) in [6, 6.07) is 19.3. The molecule has 104 valence electrons. The largest absolute Gasteiger partial charge is 0.367 e. The highest BCUT2D eigenvalue weighted by Gasteiger charge is 2.39. The second-order valence-electron chi connectivity index (χ2n) is 4.77. The molecule has 0 unspecified atom stereocenters. The summed E-state index contributed by atoms with van der Waals surface area (Å²) in [5.74, 6) is -0.386. The number of carbonyl (C=O) groups is 1. The topological polar surface area (TPSA) is 55.1 Å². The summed E-state index contributed by atoms with van der Waals surface area (Å²) >= 11 is 0. The smallest absolute Gasteiger partial charge is 0.247 e. The van der Waals surface area contributed by atoms with Crippen LogP contribution in [0.1, 0.15) is 24.5 Å². The molecule has 3 nitrogen and oxygen atoms in total. The van der Waals surface area contributed by atoms with Crippen LogP contribution in [0.2, 0.25) is 0 Å². The van der Waals surface area contributed by atoms with Gasteiger partial charge in [-0.1, -0.05) is 67.6 Å². The number of nitrogens with one attached hydrogen (secondary N) is 1. The maximum Gasteiger partial charge on any atom is 0.247 e. The van der Waals surface area contributed by atoms with Crippen LogP contribution in [0.15, 0.2) is 60.7 Å². The van der Waals surface area contributed by atoms with E-state index in [0.717, 1.165) is 17.5 Å². The third-order valence-electron chi connectivity index (χ3n) is 3.42. The summed E-state index contributed by atoms with van der Waals surface area (Å²) < 4.78 is 0. The number of benzene rings is 2. The molecule has 20 heavy (non-hydrogen) atoms. The van der Waals surface area contributed by atoms with E-state index in [1.807, 2.05) is 60.7 Å². The van der Waals surface area contributed by atoms with Gasteiger partial charge in [0.15, 0.2) is 0 Å². The van der Waals surface area contributed by atoms with Crippen molar-refractivity contribution in [3.05, 3.63) is 71.8 Å². The fraction of sp³-hybridized carbons (Fsp3) is 0.235. The molecule has 3 heteroatoms. The molecule has 0 spiro atoms. The molecule has 3 N–H and O–H groups in total. The highest BCUT2D eigenvalue weighted by Crippen LogP contribution is 2.29. The lowest BCUT2D eigenvalue weighted by molar-refractivity contribution is -0.123. The van der Waals surface area contributed by atoms with Crippen LogP contribution in [-0.4, -0.2) is 12.5 Å². The van der Waals surface area contributed by atoms with Crippen molar-refractivity contribution in [3.8, 4) is 0 Å².